The number of hydrogen-bond acceptors (Lipinski definition) is 5. The second kappa shape index (κ2) is 9.81. The van der Waals surface area contributed by atoms with E-state index in [9.17, 15) is 18.8 Å². The summed E-state index contributed by atoms with van der Waals surface area (Å²) in [5.41, 5.74) is 6.69. The molecule has 3 N–H and O–H groups in total. The number of anilines is 1. The lowest BCUT2D eigenvalue weighted by Gasteiger charge is -2.31. The number of carbonyl (C=O) groups is 3. The summed E-state index contributed by atoms with van der Waals surface area (Å²) in [5, 5.41) is 2.59. The summed E-state index contributed by atoms with van der Waals surface area (Å²) in [6.07, 6.45) is 6.59. The smallest absolute Gasteiger partial charge is 0.246 e. The number of fused-ring (bicyclic) bond motifs is 1. The number of halogens is 1. The minimum absolute atomic E-state index is 0.0889. The van der Waals surface area contributed by atoms with E-state index in [1.165, 1.54) is 18.2 Å². The summed E-state index contributed by atoms with van der Waals surface area (Å²) < 4.78 is 18.7. The Morgan fingerprint density at radius 3 is 2.67 bits per heavy atom. The fourth-order valence-electron chi connectivity index (χ4n) is 3.97. The average molecular weight is 452 g/mol. The molecule has 0 aliphatic carbocycles. The molecule has 1 fully saturated rings. The lowest BCUT2D eigenvalue weighted by molar-refractivity contribution is -0.131. The SMILES string of the molecule is NC(=O)C1Cc2cc(/C=C/C(=O)N3CCC(COc4ccc(F)cc4)CC3)cnc2NC1=O. The van der Waals surface area contributed by atoms with Gasteiger partial charge >= 0.3 is 0 Å². The summed E-state index contributed by atoms with van der Waals surface area (Å²) in [5.74, 6) is -1.06. The highest BCUT2D eigenvalue weighted by molar-refractivity contribution is 6.07. The maximum atomic E-state index is 13.0. The summed E-state index contributed by atoms with van der Waals surface area (Å²) in [7, 11) is 0. The molecule has 1 aromatic heterocycles. The van der Waals surface area contributed by atoms with Crippen LogP contribution in [0, 0.1) is 17.7 Å². The second-order valence-corrected chi connectivity index (χ2v) is 8.29. The lowest BCUT2D eigenvalue weighted by atomic mass is 9.94. The van der Waals surface area contributed by atoms with Crippen molar-refractivity contribution in [2.75, 3.05) is 25.0 Å². The van der Waals surface area contributed by atoms with E-state index in [1.807, 2.05) is 0 Å². The van der Waals surface area contributed by atoms with Crippen molar-refractivity contribution in [1.82, 2.24) is 9.88 Å². The summed E-state index contributed by atoms with van der Waals surface area (Å²) in [4.78, 5) is 41.9. The average Bonchev–Trinajstić information content (AvgIpc) is 2.82. The van der Waals surface area contributed by atoms with Crippen molar-refractivity contribution in [3.63, 3.8) is 0 Å². The van der Waals surface area contributed by atoms with Gasteiger partial charge in [-0.15, -0.1) is 0 Å². The van der Waals surface area contributed by atoms with E-state index < -0.39 is 17.7 Å². The third-order valence-electron chi connectivity index (χ3n) is 5.96. The highest BCUT2D eigenvalue weighted by Gasteiger charge is 2.31. The van der Waals surface area contributed by atoms with Gasteiger partial charge < -0.3 is 20.7 Å². The summed E-state index contributed by atoms with van der Waals surface area (Å²) in [6.45, 7) is 1.80. The molecule has 3 amide bonds. The Labute approximate surface area is 190 Å². The lowest BCUT2D eigenvalue weighted by Crippen LogP contribution is -2.39. The Balaban J connectivity index is 1.28. The standard InChI is InChI=1S/C24H25FN4O4/c25-18-2-4-19(5-3-18)33-14-15-7-9-29(10-8-15)21(30)6-1-16-11-17-12-20(22(26)31)24(32)28-23(17)27-13-16/h1-6,11,13,15,20H,7-10,12,14H2,(H2,26,31)(H,27,28,32)/b6-1+. The van der Waals surface area contributed by atoms with Crippen LogP contribution in [0.25, 0.3) is 6.08 Å². The number of likely N-dealkylation sites (tertiary alicyclic amines) is 1. The van der Waals surface area contributed by atoms with Gasteiger partial charge in [-0.05, 0) is 72.7 Å². The van der Waals surface area contributed by atoms with Crippen molar-refractivity contribution in [2.24, 2.45) is 17.6 Å². The zero-order chi connectivity index (χ0) is 23.4. The molecule has 1 aromatic carbocycles. The molecular formula is C24H25FN4O4. The Bertz CT molecular complexity index is 1080. The summed E-state index contributed by atoms with van der Waals surface area (Å²) in [6, 6.07) is 7.74. The number of nitrogens with two attached hydrogens (primary N) is 1. The third kappa shape index (κ3) is 5.54. The van der Waals surface area contributed by atoms with E-state index in [0.29, 0.717) is 48.3 Å². The molecule has 8 nitrogen and oxygen atoms in total. The van der Waals surface area contributed by atoms with Gasteiger partial charge in [0.1, 0.15) is 23.3 Å². The second-order valence-electron chi connectivity index (χ2n) is 8.29. The molecule has 0 saturated carbocycles. The van der Waals surface area contributed by atoms with Gasteiger partial charge in [0.15, 0.2) is 0 Å². The number of nitrogens with zero attached hydrogens (tertiary/aromatic N) is 2. The molecule has 172 valence electrons. The van der Waals surface area contributed by atoms with Crippen LogP contribution in [-0.2, 0) is 20.8 Å². The number of primary amides is 1. The molecule has 0 bridgehead atoms. The molecule has 2 aliphatic rings. The van der Waals surface area contributed by atoms with Gasteiger partial charge in [0.05, 0.1) is 6.61 Å². The number of benzene rings is 1. The van der Waals surface area contributed by atoms with Crippen molar-refractivity contribution in [1.29, 1.82) is 0 Å². The number of rotatable bonds is 6. The van der Waals surface area contributed by atoms with E-state index >= 15 is 0 Å². The van der Waals surface area contributed by atoms with Crippen LogP contribution in [0.4, 0.5) is 10.2 Å². The van der Waals surface area contributed by atoms with Crippen molar-refractivity contribution >= 4 is 29.6 Å². The van der Waals surface area contributed by atoms with Crippen LogP contribution < -0.4 is 15.8 Å². The normalized spacial score (nSPS) is 18.6. The largest absolute Gasteiger partial charge is 0.493 e. The first kappa shape index (κ1) is 22.4. The summed E-state index contributed by atoms with van der Waals surface area (Å²) >= 11 is 0. The van der Waals surface area contributed by atoms with Crippen LogP contribution in [0.3, 0.4) is 0 Å². The van der Waals surface area contributed by atoms with Crippen LogP contribution in [-0.4, -0.2) is 47.3 Å². The fraction of sp³-hybridized carbons (Fsp3) is 0.333. The fourth-order valence-corrected chi connectivity index (χ4v) is 3.97. The van der Waals surface area contributed by atoms with Crippen LogP contribution in [0.2, 0.25) is 0 Å². The third-order valence-corrected chi connectivity index (χ3v) is 5.96. The van der Waals surface area contributed by atoms with E-state index in [4.69, 9.17) is 10.5 Å². The first-order valence-corrected chi connectivity index (χ1v) is 10.8. The molecule has 1 saturated heterocycles. The number of carbonyl (C=O) groups excluding carboxylic acids is 3. The van der Waals surface area contributed by atoms with Crippen molar-refractivity contribution in [3.05, 3.63) is 59.5 Å². The molecule has 0 spiro atoms. The van der Waals surface area contributed by atoms with Crippen LogP contribution in [0.5, 0.6) is 5.75 Å². The maximum absolute atomic E-state index is 13.0. The quantitative estimate of drug-likeness (QED) is 0.515. The molecule has 0 radical (unpaired) electrons. The van der Waals surface area contributed by atoms with Gasteiger partial charge in [-0.3, -0.25) is 14.4 Å². The number of nitrogens with one attached hydrogen (secondary N) is 1. The molecule has 3 heterocycles. The zero-order valence-corrected chi connectivity index (χ0v) is 18.0. The molecule has 9 heteroatoms. The van der Waals surface area contributed by atoms with E-state index in [-0.39, 0.29) is 18.1 Å². The Morgan fingerprint density at radius 2 is 1.97 bits per heavy atom. The highest BCUT2D eigenvalue weighted by Crippen LogP contribution is 2.25. The van der Waals surface area contributed by atoms with Gasteiger partial charge in [0, 0.05) is 25.4 Å². The molecule has 33 heavy (non-hydrogen) atoms. The molecule has 1 atom stereocenters. The van der Waals surface area contributed by atoms with Crippen molar-refractivity contribution in [2.45, 2.75) is 19.3 Å². The highest BCUT2D eigenvalue weighted by atomic mass is 19.1. The number of hydrogen-bond donors (Lipinski definition) is 2. The van der Waals surface area contributed by atoms with Crippen LogP contribution in [0.15, 0.2) is 42.6 Å². The topological polar surface area (TPSA) is 115 Å². The van der Waals surface area contributed by atoms with Gasteiger partial charge in [-0.25, -0.2) is 9.37 Å². The number of piperidine rings is 1. The molecule has 1 unspecified atom stereocenters. The van der Waals surface area contributed by atoms with E-state index in [2.05, 4.69) is 10.3 Å². The maximum Gasteiger partial charge on any atom is 0.246 e. The number of ether oxygens (including phenoxy) is 1. The van der Waals surface area contributed by atoms with Gasteiger partial charge in [-0.1, -0.05) is 0 Å². The van der Waals surface area contributed by atoms with Crippen molar-refractivity contribution < 1.29 is 23.5 Å². The first-order valence-electron chi connectivity index (χ1n) is 10.8. The zero-order valence-electron chi connectivity index (χ0n) is 18.0. The Kier molecular flexibility index (Phi) is 6.67. The predicted octanol–water partition coefficient (Wildman–Crippen LogP) is 2.15. The van der Waals surface area contributed by atoms with Gasteiger partial charge in [-0.2, -0.15) is 0 Å². The monoisotopic (exact) mass is 452 g/mol. The van der Waals surface area contributed by atoms with Gasteiger partial charge in [0.2, 0.25) is 17.7 Å². The number of amides is 3. The molecule has 2 aliphatic heterocycles. The van der Waals surface area contributed by atoms with Crippen LogP contribution in [0.1, 0.15) is 24.0 Å². The Hall–Kier alpha value is -3.75. The van der Waals surface area contributed by atoms with Gasteiger partial charge in [0.25, 0.3) is 0 Å². The number of pyridine rings is 1. The molecule has 4 rings (SSSR count). The number of aromatic nitrogens is 1. The predicted molar refractivity (Wildman–Crippen MR) is 119 cm³/mol. The minimum atomic E-state index is -0.923. The first-order chi connectivity index (χ1) is 15.9. The van der Waals surface area contributed by atoms with E-state index in [1.54, 1.807) is 35.4 Å². The Morgan fingerprint density at radius 1 is 1.24 bits per heavy atom. The van der Waals surface area contributed by atoms with Crippen molar-refractivity contribution in [3.8, 4) is 5.75 Å². The van der Waals surface area contributed by atoms with E-state index in [0.717, 1.165) is 12.8 Å². The molecule has 2 aromatic rings. The van der Waals surface area contributed by atoms with Crippen LogP contribution >= 0.6 is 0 Å². The molecular weight excluding hydrogens is 427 g/mol. The minimum Gasteiger partial charge on any atom is -0.493 e.